The van der Waals surface area contributed by atoms with E-state index in [1.165, 1.54) is 29.4 Å². The lowest BCUT2D eigenvalue weighted by Gasteiger charge is -2.37. The lowest BCUT2D eigenvalue weighted by atomic mass is 10.0. The van der Waals surface area contributed by atoms with Gasteiger partial charge in [0.15, 0.2) is 11.8 Å². The third-order valence-corrected chi connectivity index (χ3v) is 4.96. The van der Waals surface area contributed by atoms with Crippen molar-refractivity contribution in [1.82, 2.24) is 24.8 Å². The van der Waals surface area contributed by atoms with Gasteiger partial charge >= 0.3 is 0 Å². The van der Waals surface area contributed by atoms with Crippen molar-refractivity contribution in [3.63, 3.8) is 0 Å². The number of carbonyl (C=O) groups is 1. The number of nitrogens with one attached hydrogen (secondary N) is 1. The molecule has 1 saturated heterocycles. The summed E-state index contributed by atoms with van der Waals surface area (Å²) in [6.45, 7) is 6.96. The molecule has 30 heavy (non-hydrogen) atoms. The van der Waals surface area contributed by atoms with Crippen LogP contribution >= 0.6 is 0 Å². The normalized spacial score (nSPS) is 18.2. The molecule has 0 saturated carbocycles. The fraction of sp³-hybridized carbons (Fsp3) is 0.238. The molecule has 1 N–H and O–H groups in total. The molecule has 0 spiro atoms. The summed E-state index contributed by atoms with van der Waals surface area (Å²) in [7, 11) is 0. The number of pyridine rings is 1. The number of amides is 1. The molecule has 1 aliphatic rings. The summed E-state index contributed by atoms with van der Waals surface area (Å²) in [4.78, 5) is 29.5. The Bertz CT molecular complexity index is 1090. The van der Waals surface area contributed by atoms with Gasteiger partial charge in [-0.15, -0.1) is 0 Å². The first-order valence-electron chi connectivity index (χ1n) is 9.30. The van der Waals surface area contributed by atoms with Gasteiger partial charge in [-0.05, 0) is 23.8 Å². The molecule has 1 atom stereocenters. The zero-order valence-electron chi connectivity index (χ0n) is 16.0. The molecule has 154 valence electrons. The minimum absolute atomic E-state index is 0.0356. The van der Waals surface area contributed by atoms with Crippen LogP contribution in [0.3, 0.4) is 0 Å². The summed E-state index contributed by atoms with van der Waals surface area (Å²) < 4.78 is 34.6. The van der Waals surface area contributed by atoms with Crippen molar-refractivity contribution in [1.29, 1.82) is 0 Å². The van der Waals surface area contributed by atoms with Crippen molar-refractivity contribution in [2.24, 2.45) is 0 Å². The third kappa shape index (κ3) is 3.66. The second-order valence-corrected chi connectivity index (χ2v) is 6.87. The molecule has 7 nitrogen and oxygen atoms in total. The third-order valence-electron chi connectivity index (χ3n) is 4.96. The lowest BCUT2D eigenvalue weighted by molar-refractivity contribution is -0.131. The van der Waals surface area contributed by atoms with E-state index in [0.717, 1.165) is 0 Å². The van der Waals surface area contributed by atoms with Crippen LogP contribution < -0.4 is 4.74 Å². The number of likely N-dealkylation sites (tertiary alicyclic amines) is 1. The zero-order valence-corrected chi connectivity index (χ0v) is 16.0. The minimum atomic E-state index is -3.10. The van der Waals surface area contributed by atoms with E-state index in [9.17, 15) is 13.6 Å². The van der Waals surface area contributed by atoms with Gasteiger partial charge in [-0.1, -0.05) is 19.2 Å². The lowest BCUT2D eigenvalue weighted by Crippen LogP contribution is -2.55. The Morgan fingerprint density at radius 1 is 1.27 bits per heavy atom. The van der Waals surface area contributed by atoms with Crippen LogP contribution in [0.25, 0.3) is 23.3 Å². The second-order valence-electron chi connectivity index (χ2n) is 6.87. The molecule has 4 rings (SSSR count). The number of halogens is 2. The molecule has 1 fully saturated rings. The molecular weight excluding hydrogens is 392 g/mol. The summed E-state index contributed by atoms with van der Waals surface area (Å²) in [5.41, 5.74) is 2.42. The molecule has 0 aliphatic carbocycles. The Morgan fingerprint density at radius 2 is 2.07 bits per heavy atom. The number of ether oxygens (including phenoxy) is 1. The molecule has 1 unspecified atom stereocenters. The standard InChI is InChI=1S/C21H19F2N5O2/c1-3-13-5-6-18(26-14(13)4-2)30-17-12-28(10-7-21(17,22)23)20(29)16-11-15-19(27-16)25-9-8-24-15/h3-6,8-9,11,17H,1-2,7,10,12H2,(H,25,27). The highest BCUT2D eigenvalue weighted by Gasteiger charge is 2.47. The van der Waals surface area contributed by atoms with E-state index in [4.69, 9.17) is 4.74 Å². The molecule has 0 aromatic carbocycles. The van der Waals surface area contributed by atoms with E-state index in [-0.39, 0.29) is 24.7 Å². The highest BCUT2D eigenvalue weighted by Crippen LogP contribution is 2.32. The molecule has 9 heteroatoms. The van der Waals surface area contributed by atoms with Gasteiger partial charge in [0.2, 0.25) is 5.88 Å². The Balaban J connectivity index is 1.55. The van der Waals surface area contributed by atoms with Crippen molar-refractivity contribution in [2.75, 3.05) is 13.1 Å². The van der Waals surface area contributed by atoms with Gasteiger partial charge in [-0.2, -0.15) is 0 Å². The molecule has 1 amide bonds. The molecule has 1 aliphatic heterocycles. The van der Waals surface area contributed by atoms with Crippen LogP contribution in [0.1, 0.15) is 28.2 Å². The number of hydrogen-bond donors (Lipinski definition) is 1. The maximum atomic E-state index is 14.5. The van der Waals surface area contributed by atoms with E-state index in [2.05, 4.69) is 33.1 Å². The number of fused-ring (bicyclic) bond motifs is 1. The molecule has 0 radical (unpaired) electrons. The monoisotopic (exact) mass is 411 g/mol. The van der Waals surface area contributed by atoms with Crippen molar-refractivity contribution >= 4 is 29.2 Å². The fourth-order valence-electron chi connectivity index (χ4n) is 3.33. The molecule has 0 bridgehead atoms. The molecular formula is C21H19F2N5O2. The summed E-state index contributed by atoms with van der Waals surface area (Å²) in [5.74, 6) is -3.48. The Morgan fingerprint density at radius 3 is 2.80 bits per heavy atom. The number of alkyl halides is 2. The minimum Gasteiger partial charge on any atom is -0.466 e. The van der Waals surface area contributed by atoms with Gasteiger partial charge in [0.25, 0.3) is 11.8 Å². The summed E-state index contributed by atoms with van der Waals surface area (Å²) >= 11 is 0. The average molecular weight is 411 g/mol. The zero-order chi connectivity index (χ0) is 21.3. The van der Waals surface area contributed by atoms with Crippen LogP contribution in [0, 0.1) is 0 Å². The number of nitrogens with zero attached hydrogens (tertiary/aromatic N) is 4. The van der Waals surface area contributed by atoms with Gasteiger partial charge in [-0.3, -0.25) is 9.78 Å². The number of H-pyrrole nitrogens is 1. The first-order valence-corrected chi connectivity index (χ1v) is 9.30. The fourth-order valence-corrected chi connectivity index (χ4v) is 3.33. The van der Waals surface area contributed by atoms with Gasteiger partial charge in [0.1, 0.15) is 11.2 Å². The maximum absolute atomic E-state index is 14.5. The SMILES string of the molecule is C=Cc1ccc(OC2CN(C(=O)c3cc4nccnc4[nH]3)CCC2(F)F)nc1C=C. The van der Waals surface area contributed by atoms with Gasteiger partial charge < -0.3 is 14.6 Å². The van der Waals surface area contributed by atoms with Crippen molar-refractivity contribution in [3.8, 4) is 5.88 Å². The number of hydrogen-bond acceptors (Lipinski definition) is 5. The van der Waals surface area contributed by atoms with E-state index in [1.807, 2.05) is 0 Å². The van der Waals surface area contributed by atoms with Crippen LogP contribution in [-0.4, -0.2) is 55.9 Å². The van der Waals surface area contributed by atoms with Gasteiger partial charge in [0.05, 0.1) is 12.2 Å². The van der Waals surface area contributed by atoms with E-state index in [1.54, 1.807) is 18.2 Å². The number of piperidine rings is 1. The van der Waals surface area contributed by atoms with E-state index in [0.29, 0.717) is 22.4 Å². The summed E-state index contributed by atoms with van der Waals surface area (Å²) in [6, 6.07) is 4.72. The number of aromatic nitrogens is 4. The maximum Gasteiger partial charge on any atom is 0.287 e. The second kappa shape index (κ2) is 7.66. The Hall–Kier alpha value is -3.62. The highest BCUT2D eigenvalue weighted by atomic mass is 19.3. The quantitative estimate of drug-likeness (QED) is 0.694. The predicted octanol–water partition coefficient (Wildman–Crippen LogP) is 3.57. The predicted molar refractivity (Wildman–Crippen MR) is 108 cm³/mol. The Labute approximate surface area is 171 Å². The van der Waals surface area contributed by atoms with Gasteiger partial charge in [0, 0.05) is 31.4 Å². The largest absolute Gasteiger partial charge is 0.466 e. The molecule has 3 aromatic heterocycles. The molecule has 3 aromatic rings. The topological polar surface area (TPSA) is 84.0 Å². The van der Waals surface area contributed by atoms with Gasteiger partial charge in [-0.25, -0.2) is 18.7 Å². The van der Waals surface area contributed by atoms with E-state index >= 15 is 0 Å². The Kier molecular flexibility index (Phi) is 5.03. The van der Waals surface area contributed by atoms with Crippen molar-refractivity contribution in [3.05, 3.63) is 60.7 Å². The smallest absolute Gasteiger partial charge is 0.287 e. The van der Waals surface area contributed by atoms with Crippen molar-refractivity contribution in [2.45, 2.75) is 18.4 Å². The van der Waals surface area contributed by atoms with Crippen LogP contribution in [0.15, 0.2) is 43.8 Å². The number of carbonyl (C=O) groups excluding carboxylic acids is 1. The molecule has 4 heterocycles. The average Bonchev–Trinajstić information content (AvgIpc) is 3.19. The van der Waals surface area contributed by atoms with Crippen molar-refractivity contribution < 1.29 is 18.3 Å². The first kappa shape index (κ1) is 19.7. The first-order chi connectivity index (χ1) is 14.4. The van der Waals surface area contributed by atoms with Crippen LogP contribution in [-0.2, 0) is 0 Å². The number of rotatable bonds is 5. The van der Waals surface area contributed by atoms with Crippen LogP contribution in [0.2, 0.25) is 0 Å². The highest BCUT2D eigenvalue weighted by molar-refractivity contribution is 5.96. The van der Waals surface area contributed by atoms with Crippen LogP contribution in [0.5, 0.6) is 5.88 Å². The number of aromatic amines is 1. The summed E-state index contributed by atoms with van der Waals surface area (Å²) in [5, 5.41) is 0. The van der Waals surface area contributed by atoms with Crippen LogP contribution in [0.4, 0.5) is 8.78 Å². The summed E-state index contributed by atoms with van der Waals surface area (Å²) in [6.07, 6.45) is 4.05. The van der Waals surface area contributed by atoms with E-state index < -0.39 is 24.4 Å².